The van der Waals surface area contributed by atoms with E-state index in [9.17, 15) is 4.79 Å². The third-order valence-electron chi connectivity index (χ3n) is 6.70. The van der Waals surface area contributed by atoms with E-state index in [0.29, 0.717) is 0 Å². The van der Waals surface area contributed by atoms with Crippen LogP contribution in [-0.4, -0.2) is 77.4 Å². The molecule has 7 heteroatoms. The molecule has 5 rings (SSSR count). The molecule has 0 N–H and O–H groups in total. The van der Waals surface area contributed by atoms with Crippen LogP contribution in [0.25, 0.3) is 21.1 Å². The normalized spacial score (nSPS) is 15.0. The topological polar surface area (TPSA) is 52.6 Å². The molecule has 0 spiro atoms. The lowest BCUT2D eigenvalue weighted by molar-refractivity contribution is 0.0664. The molecule has 2 aromatic heterocycles. The van der Waals surface area contributed by atoms with Crippen LogP contribution in [0.2, 0.25) is 0 Å². The fourth-order valence-corrected chi connectivity index (χ4v) is 5.73. The highest BCUT2D eigenvalue weighted by molar-refractivity contribution is 7.19. The van der Waals surface area contributed by atoms with Crippen molar-refractivity contribution in [3.8, 4) is 0 Å². The second-order valence-corrected chi connectivity index (χ2v) is 10.5. The average Bonchev–Trinajstić information content (AvgIpc) is 3.16. The summed E-state index contributed by atoms with van der Waals surface area (Å²) in [6, 6.07) is 14.2. The van der Waals surface area contributed by atoms with Gasteiger partial charge in [0.25, 0.3) is 5.91 Å². The predicted molar refractivity (Wildman–Crippen MR) is 140 cm³/mol. The Morgan fingerprint density at radius 1 is 1.09 bits per heavy atom. The van der Waals surface area contributed by atoms with E-state index >= 15 is 0 Å². The lowest BCUT2D eigenvalue weighted by Gasteiger charge is -2.32. The molecule has 4 aromatic rings. The standard InChI is InChI=1S/C27H31N5OS/c1-19-22(10-11-31(3)18-21-17-28-24-6-4-5-7-25(24)29-21)23-16-20(8-9-26(23)34-19)27(33)32-14-12-30(2)13-15-32/h4-9,16-17H,10-15,18H2,1-3H3. The van der Waals surface area contributed by atoms with Crippen LogP contribution >= 0.6 is 11.3 Å². The second-order valence-electron chi connectivity index (χ2n) is 9.28. The summed E-state index contributed by atoms with van der Waals surface area (Å²) >= 11 is 1.82. The summed E-state index contributed by atoms with van der Waals surface area (Å²) < 4.78 is 1.26. The molecule has 0 radical (unpaired) electrons. The number of fused-ring (bicyclic) bond motifs is 2. The van der Waals surface area contributed by atoms with E-state index in [0.717, 1.165) is 68.0 Å². The van der Waals surface area contributed by atoms with Crippen LogP contribution in [0.5, 0.6) is 0 Å². The van der Waals surface area contributed by atoms with Gasteiger partial charge in [-0.15, -0.1) is 11.3 Å². The Bertz CT molecular complexity index is 1330. The van der Waals surface area contributed by atoms with E-state index in [-0.39, 0.29) is 5.91 Å². The number of hydrogen-bond acceptors (Lipinski definition) is 6. The Morgan fingerprint density at radius 3 is 2.65 bits per heavy atom. The van der Waals surface area contributed by atoms with E-state index in [2.05, 4.69) is 47.9 Å². The molecule has 2 aromatic carbocycles. The summed E-state index contributed by atoms with van der Waals surface area (Å²) in [6.07, 6.45) is 2.82. The maximum Gasteiger partial charge on any atom is 0.253 e. The van der Waals surface area contributed by atoms with Crippen molar-refractivity contribution in [2.45, 2.75) is 19.9 Å². The van der Waals surface area contributed by atoms with Crippen molar-refractivity contribution in [3.63, 3.8) is 0 Å². The number of likely N-dealkylation sites (N-methyl/N-ethyl adjacent to an activating group) is 2. The Morgan fingerprint density at radius 2 is 1.85 bits per heavy atom. The molecular weight excluding hydrogens is 442 g/mol. The number of carbonyl (C=O) groups is 1. The number of rotatable bonds is 6. The third kappa shape index (κ3) is 4.82. The van der Waals surface area contributed by atoms with Crippen LogP contribution in [0.3, 0.4) is 0 Å². The fraction of sp³-hybridized carbons (Fsp3) is 0.370. The zero-order chi connectivity index (χ0) is 23.7. The first kappa shape index (κ1) is 22.9. The molecule has 3 heterocycles. The van der Waals surface area contributed by atoms with Gasteiger partial charge in [0.2, 0.25) is 0 Å². The van der Waals surface area contributed by atoms with Crippen LogP contribution in [0, 0.1) is 6.92 Å². The van der Waals surface area contributed by atoms with Gasteiger partial charge in [-0.1, -0.05) is 12.1 Å². The minimum atomic E-state index is 0.150. The number of piperazine rings is 1. The first-order chi connectivity index (χ1) is 16.5. The van der Waals surface area contributed by atoms with Gasteiger partial charge in [-0.2, -0.15) is 0 Å². The van der Waals surface area contributed by atoms with Gasteiger partial charge in [0.05, 0.1) is 22.9 Å². The summed E-state index contributed by atoms with van der Waals surface area (Å²) in [7, 11) is 4.24. The molecule has 0 aliphatic carbocycles. The number of aryl methyl sites for hydroxylation is 1. The molecule has 1 saturated heterocycles. The molecule has 1 amide bonds. The zero-order valence-corrected chi connectivity index (χ0v) is 20.9. The first-order valence-electron chi connectivity index (χ1n) is 11.9. The lowest BCUT2D eigenvalue weighted by Crippen LogP contribution is -2.47. The maximum absolute atomic E-state index is 13.1. The summed E-state index contributed by atoms with van der Waals surface area (Å²) in [5, 5.41) is 1.22. The molecule has 0 saturated carbocycles. The molecule has 0 bridgehead atoms. The van der Waals surface area contributed by atoms with Crippen molar-refractivity contribution < 1.29 is 4.79 Å². The highest BCUT2D eigenvalue weighted by Crippen LogP contribution is 2.32. The van der Waals surface area contributed by atoms with Gasteiger partial charge in [-0.3, -0.25) is 9.78 Å². The van der Waals surface area contributed by atoms with Crippen LogP contribution in [0.1, 0.15) is 26.5 Å². The van der Waals surface area contributed by atoms with Gasteiger partial charge in [-0.05, 0) is 68.7 Å². The quantitative estimate of drug-likeness (QED) is 0.420. The maximum atomic E-state index is 13.1. The van der Waals surface area contributed by atoms with E-state index in [1.54, 1.807) is 0 Å². The molecule has 6 nitrogen and oxygen atoms in total. The fourth-order valence-electron chi connectivity index (χ4n) is 4.64. The predicted octanol–water partition coefficient (Wildman–Crippen LogP) is 4.22. The number of thiophene rings is 1. The monoisotopic (exact) mass is 473 g/mol. The molecular formula is C27H31N5OS. The van der Waals surface area contributed by atoms with Crippen molar-refractivity contribution in [3.05, 3.63) is 70.4 Å². The lowest BCUT2D eigenvalue weighted by atomic mass is 10.0. The molecule has 1 fully saturated rings. The molecule has 0 atom stereocenters. The molecule has 0 unspecified atom stereocenters. The van der Waals surface area contributed by atoms with E-state index in [1.807, 2.05) is 52.8 Å². The van der Waals surface area contributed by atoms with Gasteiger partial charge in [0, 0.05) is 54.4 Å². The number of benzene rings is 2. The Hall–Kier alpha value is -2.87. The SMILES string of the molecule is Cc1sc2ccc(C(=O)N3CCN(C)CC3)cc2c1CCN(C)Cc1cnc2ccccc2n1. The average molecular weight is 474 g/mol. The smallest absolute Gasteiger partial charge is 0.253 e. The van der Waals surface area contributed by atoms with Gasteiger partial charge in [0.15, 0.2) is 0 Å². The van der Waals surface area contributed by atoms with Crippen molar-refractivity contribution >= 4 is 38.4 Å². The number of nitrogens with zero attached hydrogens (tertiary/aromatic N) is 5. The van der Waals surface area contributed by atoms with Gasteiger partial charge < -0.3 is 14.7 Å². The minimum absolute atomic E-state index is 0.150. The van der Waals surface area contributed by atoms with E-state index in [1.165, 1.54) is 20.5 Å². The number of para-hydroxylation sites is 2. The van der Waals surface area contributed by atoms with Crippen molar-refractivity contribution in [1.82, 2.24) is 24.7 Å². The van der Waals surface area contributed by atoms with E-state index in [4.69, 9.17) is 4.98 Å². The number of aromatic nitrogens is 2. The Kier molecular flexibility index (Phi) is 6.59. The summed E-state index contributed by atoms with van der Waals surface area (Å²) in [6.45, 7) is 7.33. The largest absolute Gasteiger partial charge is 0.336 e. The number of carbonyl (C=O) groups excluding carboxylic acids is 1. The molecule has 1 aliphatic heterocycles. The highest BCUT2D eigenvalue weighted by atomic mass is 32.1. The third-order valence-corrected chi connectivity index (χ3v) is 7.83. The van der Waals surface area contributed by atoms with Crippen molar-refractivity contribution in [2.24, 2.45) is 0 Å². The summed E-state index contributed by atoms with van der Waals surface area (Å²) in [5.74, 6) is 0.150. The van der Waals surface area contributed by atoms with Gasteiger partial charge in [-0.25, -0.2) is 4.98 Å². The summed E-state index contributed by atoms with van der Waals surface area (Å²) in [5.41, 5.74) is 5.00. The first-order valence-corrected chi connectivity index (χ1v) is 12.7. The van der Waals surface area contributed by atoms with Crippen LogP contribution in [0.15, 0.2) is 48.7 Å². The van der Waals surface area contributed by atoms with Crippen molar-refractivity contribution in [2.75, 3.05) is 46.8 Å². The molecule has 1 aliphatic rings. The van der Waals surface area contributed by atoms with Crippen LogP contribution in [-0.2, 0) is 13.0 Å². The Labute approximate surface area is 204 Å². The Balaban J connectivity index is 1.29. The molecule has 176 valence electrons. The zero-order valence-electron chi connectivity index (χ0n) is 20.1. The van der Waals surface area contributed by atoms with Crippen molar-refractivity contribution in [1.29, 1.82) is 0 Å². The van der Waals surface area contributed by atoms with Gasteiger partial charge >= 0.3 is 0 Å². The van der Waals surface area contributed by atoms with Crippen LogP contribution < -0.4 is 0 Å². The summed E-state index contributed by atoms with van der Waals surface area (Å²) in [4.78, 5) is 30.3. The minimum Gasteiger partial charge on any atom is -0.336 e. The number of hydrogen-bond donors (Lipinski definition) is 0. The second kappa shape index (κ2) is 9.78. The molecule has 34 heavy (non-hydrogen) atoms. The van der Waals surface area contributed by atoms with Crippen LogP contribution in [0.4, 0.5) is 0 Å². The number of amides is 1. The van der Waals surface area contributed by atoms with E-state index < -0.39 is 0 Å². The van der Waals surface area contributed by atoms with Gasteiger partial charge in [0.1, 0.15) is 0 Å². The highest BCUT2D eigenvalue weighted by Gasteiger charge is 2.21.